The molecule has 0 aliphatic carbocycles. The molecule has 0 aliphatic rings. The first-order chi connectivity index (χ1) is 8.07. The monoisotopic (exact) mass is 238 g/mol. The second kappa shape index (κ2) is 6.45. The zero-order valence-corrected chi connectivity index (χ0v) is 11.1. The van der Waals surface area contributed by atoms with E-state index < -0.39 is 0 Å². The van der Waals surface area contributed by atoms with E-state index in [1.807, 2.05) is 32.0 Å². The van der Waals surface area contributed by atoms with Gasteiger partial charge in [0.2, 0.25) is 5.88 Å². The van der Waals surface area contributed by atoms with Crippen molar-refractivity contribution in [2.75, 3.05) is 25.1 Å². The van der Waals surface area contributed by atoms with Gasteiger partial charge in [0.05, 0.1) is 12.2 Å². The molecule has 0 aliphatic heterocycles. The molecule has 0 bridgehead atoms. The molecule has 1 rings (SSSR count). The first-order valence-corrected chi connectivity index (χ1v) is 6.05. The van der Waals surface area contributed by atoms with Crippen molar-refractivity contribution in [2.24, 2.45) is 0 Å². The Bertz CT molecular complexity index is 340. The molecular formula is C13H22N2O2. The molecule has 0 saturated carbocycles. The third-order valence-electron chi connectivity index (χ3n) is 2.25. The van der Waals surface area contributed by atoms with Gasteiger partial charge < -0.3 is 14.8 Å². The summed E-state index contributed by atoms with van der Waals surface area (Å²) in [6.07, 6.45) is 0. The van der Waals surface area contributed by atoms with Gasteiger partial charge in [-0.2, -0.15) is 4.98 Å². The minimum absolute atomic E-state index is 0.196. The first-order valence-electron chi connectivity index (χ1n) is 6.05. The van der Waals surface area contributed by atoms with Crippen LogP contribution in [0.1, 0.15) is 27.7 Å². The molecular weight excluding hydrogens is 216 g/mol. The van der Waals surface area contributed by atoms with Gasteiger partial charge in [-0.1, -0.05) is 6.07 Å². The van der Waals surface area contributed by atoms with Gasteiger partial charge in [0, 0.05) is 19.2 Å². The predicted octanol–water partition coefficient (Wildman–Crippen LogP) is 2.71. The highest BCUT2D eigenvalue weighted by molar-refractivity contribution is 5.37. The summed E-state index contributed by atoms with van der Waals surface area (Å²) in [5, 5.41) is 3.25. The van der Waals surface area contributed by atoms with Gasteiger partial charge in [-0.15, -0.1) is 0 Å². The van der Waals surface area contributed by atoms with E-state index in [4.69, 9.17) is 9.47 Å². The SMILES string of the molecule is CCOc1cccc(NCC(C)(C)OCC)n1. The average molecular weight is 238 g/mol. The Morgan fingerprint density at radius 1 is 1.24 bits per heavy atom. The van der Waals surface area contributed by atoms with E-state index in [9.17, 15) is 0 Å². The summed E-state index contributed by atoms with van der Waals surface area (Å²) < 4.78 is 11.0. The number of ether oxygens (including phenoxy) is 2. The number of aromatic nitrogens is 1. The predicted molar refractivity (Wildman–Crippen MR) is 69.6 cm³/mol. The Morgan fingerprint density at radius 2 is 2.00 bits per heavy atom. The van der Waals surface area contributed by atoms with Gasteiger partial charge in [-0.05, 0) is 33.8 Å². The van der Waals surface area contributed by atoms with E-state index >= 15 is 0 Å². The van der Waals surface area contributed by atoms with Crippen molar-refractivity contribution < 1.29 is 9.47 Å². The van der Waals surface area contributed by atoms with Gasteiger partial charge in [-0.25, -0.2) is 0 Å². The highest BCUT2D eigenvalue weighted by Gasteiger charge is 2.17. The fourth-order valence-corrected chi connectivity index (χ4v) is 1.49. The highest BCUT2D eigenvalue weighted by Crippen LogP contribution is 2.14. The van der Waals surface area contributed by atoms with Crippen LogP contribution in [0.2, 0.25) is 0 Å². The van der Waals surface area contributed by atoms with Gasteiger partial charge in [0.15, 0.2) is 0 Å². The van der Waals surface area contributed by atoms with Crippen molar-refractivity contribution in [1.82, 2.24) is 4.98 Å². The average Bonchev–Trinajstić information content (AvgIpc) is 2.28. The molecule has 1 heterocycles. The van der Waals surface area contributed by atoms with Crippen molar-refractivity contribution in [2.45, 2.75) is 33.3 Å². The van der Waals surface area contributed by atoms with Gasteiger partial charge in [0.1, 0.15) is 5.82 Å². The van der Waals surface area contributed by atoms with Crippen molar-refractivity contribution in [3.63, 3.8) is 0 Å². The molecule has 0 amide bonds. The molecule has 0 spiro atoms. The maximum Gasteiger partial charge on any atom is 0.215 e. The van der Waals surface area contributed by atoms with Crippen LogP contribution in [-0.4, -0.2) is 30.3 Å². The van der Waals surface area contributed by atoms with E-state index in [1.54, 1.807) is 0 Å². The van der Waals surface area contributed by atoms with Crippen LogP contribution in [-0.2, 0) is 4.74 Å². The fourth-order valence-electron chi connectivity index (χ4n) is 1.49. The standard InChI is InChI=1S/C13H22N2O2/c1-5-16-12-9-7-8-11(15-12)14-10-13(3,4)17-6-2/h7-9H,5-6,10H2,1-4H3,(H,14,15). The van der Waals surface area contributed by atoms with E-state index in [2.05, 4.69) is 24.1 Å². The number of nitrogens with zero attached hydrogens (tertiary/aromatic N) is 1. The minimum atomic E-state index is -0.196. The summed E-state index contributed by atoms with van der Waals surface area (Å²) in [4.78, 5) is 4.34. The van der Waals surface area contributed by atoms with Gasteiger partial charge in [0.25, 0.3) is 0 Å². The maximum absolute atomic E-state index is 5.61. The Balaban J connectivity index is 2.53. The quantitative estimate of drug-likeness (QED) is 0.793. The normalized spacial score (nSPS) is 11.3. The second-order valence-electron chi connectivity index (χ2n) is 4.34. The zero-order valence-electron chi connectivity index (χ0n) is 11.1. The zero-order chi connectivity index (χ0) is 12.7. The van der Waals surface area contributed by atoms with Crippen molar-refractivity contribution in [1.29, 1.82) is 0 Å². The summed E-state index contributed by atoms with van der Waals surface area (Å²) in [6.45, 7) is 10.1. The van der Waals surface area contributed by atoms with Crippen LogP contribution >= 0.6 is 0 Å². The van der Waals surface area contributed by atoms with E-state index in [0.717, 1.165) is 5.82 Å². The van der Waals surface area contributed by atoms with E-state index in [0.29, 0.717) is 25.6 Å². The lowest BCUT2D eigenvalue weighted by molar-refractivity contribution is 0.000633. The van der Waals surface area contributed by atoms with Crippen molar-refractivity contribution in [3.8, 4) is 5.88 Å². The number of pyridine rings is 1. The summed E-state index contributed by atoms with van der Waals surface area (Å²) in [5.74, 6) is 1.45. The van der Waals surface area contributed by atoms with E-state index in [1.165, 1.54) is 0 Å². The van der Waals surface area contributed by atoms with Crippen molar-refractivity contribution in [3.05, 3.63) is 18.2 Å². The minimum Gasteiger partial charge on any atom is -0.478 e. The van der Waals surface area contributed by atoms with Gasteiger partial charge in [-0.3, -0.25) is 0 Å². The summed E-state index contributed by atoms with van der Waals surface area (Å²) in [5.41, 5.74) is -0.196. The van der Waals surface area contributed by atoms with Gasteiger partial charge >= 0.3 is 0 Å². The molecule has 0 fully saturated rings. The second-order valence-corrected chi connectivity index (χ2v) is 4.34. The Labute approximate surface area is 103 Å². The summed E-state index contributed by atoms with van der Waals surface area (Å²) in [7, 11) is 0. The molecule has 1 N–H and O–H groups in total. The summed E-state index contributed by atoms with van der Waals surface area (Å²) >= 11 is 0. The molecule has 1 aromatic heterocycles. The van der Waals surface area contributed by atoms with Crippen LogP contribution < -0.4 is 10.1 Å². The number of rotatable bonds is 7. The molecule has 96 valence electrons. The van der Waals surface area contributed by atoms with E-state index in [-0.39, 0.29) is 5.60 Å². The summed E-state index contributed by atoms with van der Waals surface area (Å²) in [6, 6.07) is 5.70. The number of hydrogen-bond acceptors (Lipinski definition) is 4. The molecule has 0 saturated heterocycles. The third-order valence-corrected chi connectivity index (χ3v) is 2.25. The van der Waals surface area contributed by atoms with Crippen LogP contribution in [0.4, 0.5) is 5.82 Å². The molecule has 0 unspecified atom stereocenters. The Hall–Kier alpha value is -1.29. The molecule has 0 aromatic carbocycles. The van der Waals surface area contributed by atoms with Crippen LogP contribution in [0.15, 0.2) is 18.2 Å². The smallest absolute Gasteiger partial charge is 0.215 e. The number of hydrogen-bond donors (Lipinski definition) is 1. The van der Waals surface area contributed by atoms with Crippen LogP contribution in [0.3, 0.4) is 0 Å². The van der Waals surface area contributed by atoms with Crippen LogP contribution in [0.5, 0.6) is 5.88 Å². The van der Waals surface area contributed by atoms with Crippen molar-refractivity contribution >= 4 is 5.82 Å². The maximum atomic E-state index is 5.61. The molecule has 17 heavy (non-hydrogen) atoms. The third kappa shape index (κ3) is 5.04. The van der Waals surface area contributed by atoms with Crippen LogP contribution in [0.25, 0.3) is 0 Å². The molecule has 0 radical (unpaired) electrons. The number of anilines is 1. The Kier molecular flexibility index (Phi) is 5.22. The van der Waals surface area contributed by atoms with Crippen LogP contribution in [0, 0.1) is 0 Å². The molecule has 4 nitrogen and oxygen atoms in total. The largest absolute Gasteiger partial charge is 0.478 e. The highest BCUT2D eigenvalue weighted by atomic mass is 16.5. The number of nitrogens with one attached hydrogen (secondary N) is 1. The molecule has 1 aromatic rings. The first kappa shape index (κ1) is 13.8. The molecule has 0 atom stereocenters. The lowest BCUT2D eigenvalue weighted by atomic mass is 10.1. The Morgan fingerprint density at radius 3 is 2.65 bits per heavy atom. The molecule has 4 heteroatoms. The lowest BCUT2D eigenvalue weighted by Crippen LogP contribution is -2.33. The topological polar surface area (TPSA) is 43.4 Å². The lowest BCUT2D eigenvalue weighted by Gasteiger charge is -2.25. The fraction of sp³-hybridized carbons (Fsp3) is 0.615.